The van der Waals surface area contributed by atoms with Crippen LogP contribution in [0.3, 0.4) is 0 Å². The van der Waals surface area contributed by atoms with Crippen molar-refractivity contribution in [2.45, 2.75) is 17.4 Å². The van der Waals surface area contributed by atoms with E-state index >= 15 is 0 Å². The van der Waals surface area contributed by atoms with Gasteiger partial charge in [-0.2, -0.15) is 0 Å². The number of ether oxygens (including phenoxy) is 1. The van der Waals surface area contributed by atoms with Gasteiger partial charge in [0.25, 0.3) is 0 Å². The molecule has 1 fully saturated rings. The van der Waals surface area contributed by atoms with Gasteiger partial charge in [0.05, 0.1) is 24.0 Å². The molecule has 0 radical (unpaired) electrons. The lowest BCUT2D eigenvalue weighted by molar-refractivity contribution is -0.142. The van der Waals surface area contributed by atoms with Gasteiger partial charge in [-0.25, -0.2) is 13.1 Å². The molecule has 0 unspecified atom stereocenters. The molecule has 0 aromatic heterocycles. The third kappa shape index (κ3) is 3.49. The van der Waals surface area contributed by atoms with E-state index in [1.54, 1.807) is 30.3 Å². The molecule has 0 saturated heterocycles. The fraction of sp³-hybridized carbons (Fsp3) is 0.278. The van der Waals surface area contributed by atoms with Crippen molar-refractivity contribution in [2.75, 3.05) is 7.11 Å². The van der Waals surface area contributed by atoms with Gasteiger partial charge in [-0.05, 0) is 30.0 Å². The highest BCUT2D eigenvalue weighted by Crippen LogP contribution is 2.48. The minimum atomic E-state index is -3.67. The maximum atomic E-state index is 12.7. The molecule has 2 aromatic rings. The predicted octanol–water partition coefficient (Wildman–Crippen LogP) is 2.52. The molecule has 1 N–H and O–H groups in total. The maximum absolute atomic E-state index is 12.7. The van der Waals surface area contributed by atoms with E-state index in [9.17, 15) is 13.2 Å². The van der Waals surface area contributed by atoms with E-state index in [0.29, 0.717) is 6.42 Å². The Morgan fingerprint density at radius 2 is 1.67 bits per heavy atom. The summed E-state index contributed by atoms with van der Waals surface area (Å²) in [5, 5.41) is 0. The second-order valence-electron chi connectivity index (χ2n) is 5.85. The van der Waals surface area contributed by atoms with Crippen molar-refractivity contribution in [1.82, 2.24) is 4.72 Å². The van der Waals surface area contributed by atoms with Crippen LogP contribution in [0.5, 0.6) is 0 Å². The lowest BCUT2D eigenvalue weighted by Crippen LogP contribution is -2.31. The molecule has 6 heteroatoms. The summed E-state index contributed by atoms with van der Waals surface area (Å²) in [4.78, 5) is 12.0. The smallest absolute Gasteiger partial charge is 0.309 e. The van der Waals surface area contributed by atoms with Crippen LogP contribution in [-0.2, 0) is 19.6 Å². The molecule has 1 saturated carbocycles. The van der Waals surface area contributed by atoms with Gasteiger partial charge in [0.2, 0.25) is 10.0 Å². The summed E-state index contributed by atoms with van der Waals surface area (Å²) < 4.78 is 32.9. The number of nitrogens with one attached hydrogen (secondary N) is 1. The first kappa shape index (κ1) is 16.7. The van der Waals surface area contributed by atoms with E-state index in [-0.39, 0.29) is 22.7 Å². The van der Waals surface area contributed by atoms with Crippen molar-refractivity contribution in [3.8, 4) is 0 Å². The third-order valence-electron chi connectivity index (χ3n) is 4.27. The molecule has 0 spiro atoms. The minimum absolute atomic E-state index is 0.0988. The normalized spacial score (nSPS) is 21.0. The number of hydrogen-bond acceptors (Lipinski definition) is 4. The quantitative estimate of drug-likeness (QED) is 0.817. The molecule has 1 aliphatic rings. The van der Waals surface area contributed by atoms with E-state index in [2.05, 4.69) is 4.72 Å². The molecule has 126 valence electrons. The van der Waals surface area contributed by atoms with Gasteiger partial charge < -0.3 is 4.74 Å². The summed E-state index contributed by atoms with van der Waals surface area (Å²) >= 11 is 0. The molecule has 3 rings (SSSR count). The van der Waals surface area contributed by atoms with Crippen LogP contribution in [0.15, 0.2) is 65.6 Å². The van der Waals surface area contributed by atoms with Crippen molar-refractivity contribution in [1.29, 1.82) is 0 Å². The average Bonchev–Trinajstić information content (AvgIpc) is 3.41. The topological polar surface area (TPSA) is 72.5 Å². The molecule has 24 heavy (non-hydrogen) atoms. The van der Waals surface area contributed by atoms with Gasteiger partial charge in [0.15, 0.2) is 0 Å². The summed E-state index contributed by atoms with van der Waals surface area (Å²) in [6.45, 7) is 0. The van der Waals surface area contributed by atoms with Crippen molar-refractivity contribution in [3.63, 3.8) is 0 Å². The Kier molecular flexibility index (Phi) is 4.69. The zero-order valence-corrected chi connectivity index (χ0v) is 14.1. The zero-order chi connectivity index (χ0) is 17.2. The SMILES string of the molecule is COC(=O)[C@H]1C[C@H]1[C@H](NS(=O)(=O)c1ccccc1)c1ccccc1. The van der Waals surface area contributed by atoms with E-state index < -0.39 is 16.1 Å². The number of benzene rings is 2. The monoisotopic (exact) mass is 345 g/mol. The standard InChI is InChI=1S/C18H19NO4S/c1-23-18(20)16-12-15(16)17(13-8-4-2-5-9-13)19-24(21,22)14-10-6-3-7-11-14/h2-11,15-17,19H,12H2,1H3/t15-,16+,17-/m1/s1. The Bertz CT molecular complexity index is 805. The first-order valence-electron chi connectivity index (χ1n) is 7.73. The molecule has 5 nitrogen and oxygen atoms in total. The van der Waals surface area contributed by atoms with E-state index in [0.717, 1.165) is 5.56 Å². The molecule has 3 atom stereocenters. The second-order valence-corrected chi connectivity index (χ2v) is 7.57. The molecule has 2 aromatic carbocycles. The Labute approximate surface area is 141 Å². The summed E-state index contributed by atoms with van der Waals surface area (Å²) in [5.41, 5.74) is 0.841. The predicted molar refractivity (Wildman–Crippen MR) is 89.6 cm³/mol. The Hall–Kier alpha value is -2.18. The van der Waals surface area contributed by atoms with Gasteiger partial charge >= 0.3 is 5.97 Å². The summed E-state index contributed by atoms with van der Waals surface area (Å²) in [5.74, 6) is -0.656. The van der Waals surface area contributed by atoms with Crippen molar-refractivity contribution in [2.24, 2.45) is 11.8 Å². The molecular weight excluding hydrogens is 326 g/mol. The maximum Gasteiger partial charge on any atom is 0.309 e. The highest BCUT2D eigenvalue weighted by molar-refractivity contribution is 7.89. The molecule has 0 aliphatic heterocycles. The van der Waals surface area contributed by atoms with Crippen molar-refractivity contribution < 1.29 is 17.9 Å². The van der Waals surface area contributed by atoms with Crippen LogP contribution in [0, 0.1) is 11.8 Å². The van der Waals surface area contributed by atoms with Crippen LogP contribution in [0.1, 0.15) is 18.0 Å². The van der Waals surface area contributed by atoms with Crippen molar-refractivity contribution in [3.05, 3.63) is 66.2 Å². The van der Waals surface area contributed by atoms with Crippen LogP contribution in [-0.4, -0.2) is 21.5 Å². The Morgan fingerprint density at radius 1 is 1.08 bits per heavy atom. The van der Waals surface area contributed by atoms with Gasteiger partial charge in [0, 0.05) is 0 Å². The van der Waals surface area contributed by atoms with Gasteiger partial charge in [-0.1, -0.05) is 48.5 Å². The zero-order valence-electron chi connectivity index (χ0n) is 13.3. The third-order valence-corrected chi connectivity index (χ3v) is 5.72. The summed E-state index contributed by atoms with van der Waals surface area (Å²) in [6, 6.07) is 17.1. The van der Waals surface area contributed by atoms with Crippen LogP contribution in [0.25, 0.3) is 0 Å². The van der Waals surface area contributed by atoms with Crippen LogP contribution in [0.4, 0.5) is 0 Å². The highest BCUT2D eigenvalue weighted by Gasteiger charge is 2.50. The van der Waals surface area contributed by atoms with E-state index in [1.807, 2.05) is 30.3 Å². The lowest BCUT2D eigenvalue weighted by atomic mass is 10.0. The molecule has 0 heterocycles. The first-order valence-corrected chi connectivity index (χ1v) is 9.21. The van der Waals surface area contributed by atoms with Gasteiger partial charge in [-0.3, -0.25) is 4.79 Å². The number of rotatable bonds is 6. The van der Waals surface area contributed by atoms with Crippen LogP contribution >= 0.6 is 0 Å². The van der Waals surface area contributed by atoms with Gasteiger partial charge in [0.1, 0.15) is 0 Å². The average molecular weight is 345 g/mol. The highest BCUT2D eigenvalue weighted by atomic mass is 32.2. The Balaban J connectivity index is 1.88. The Morgan fingerprint density at radius 3 is 2.25 bits per heavy atom. The van der Waals surface area contributed by atoms with Crippen LogP contribution < -0.4 is 4.72 Å². The summed E-state index contributed by atoms with van der Waals surface area (Å²) in [6.07, 6.45) is 0.615. The molecule has 0 amide bonds. The fourth-order valence-corrected chi connectivity index (χ4v) is 4.20. The fourth-order valence-electron chi connectivity index (χ4n) is 2.90. The molecule has 1 aliphatic carbocycles. The number of carbonyl (C=O) groups is 1. The largest absolute Gasteiger partial charge is 0.469 e. The summed E-state index contributed by atoms with van der Waals surface area (Å²) in [7, 11) is -2.32. The van der Waals surface area contributed by atoms with E-state index in [1.165, 1.54) is 7.11 Å². The van der Waals surface area contributed by atoms with Gasteiger partial charge in [-0.15, -0.1) is 0 Å². The lowest BCUT2D eigenvalue weighted by Gasteiger charge is -2.19. The first-order chi connectivity index (χ1) is 11.5. The number of methoxy groups -OCH3 is 1. The van der Waals surface area contributed by atoms with E-state index in [4.69, 9.17) is 4.74 Å². The number of carbonyl (C=O) groups excluding carboxylic acids is 1. The second kappa shape index (κ2) is 6.75. The van der Waals surface area contributed by atoms with Crippen molar-refractivity contribution >= 4 is 16.0 Å². The number of esters is 1. The number of sulfonamides is 1. The minimum Gasteiger partial charge on any atom is -0.469 e. The number of hydrogen-bond donors (Lipinski definition) is 1. The molecular formula is C18H19NO4S. The molecule has 0 bridgehead atoms. The van der Waals surface area contributed by atoms with Crippen LogP contribution in [0.2, 0.25) is 0 Å².